The number of hydrogen-bond donors (Lipinski definition) is 1. The second kappa shape index (κ2) is 13.4. The van der Waals surface area contributed by atoms with Crippen LogP contribution < -0.4 is 14.8 Å². The van der Waals surface area contributed by atoms with Crippen LogP contribution in [-0.4, -0.2) is 35.8 Å². The molecule has 0 aliphatic heterocycles. The monoisotopic (exact) mass is 506 g/mol. The number of rotatable bonds is 13. The van der Waals surface area contributed by atoms with Gasteiger partial charge in [-0.15, -0.1) is 0 Å². The van der Waals surface area contributed by atoms with E-state index in [2.05, 4.69) is 5.32 Å². The molecule has 10 heteroatoms. The van der Waals surface area contributed by atoms with Crippen molar-refractivity contribution < 1.29 is 33.5 Å². The van der Waals surface area contributed by atoms with E-state index in [-0.39, 0.29) is 36.6 Å². The van der Waals surface area contributed by atoms with Crippen LogP contribution in [-0.2, 0) is 14.3 Å². The second-order valence-corrected chi connectivity index (χ2v) is 7.82. The standard InChI is InChI=1S/C27H26N2O8/c1-2-35-22-14-8-20(9-15-22)28-26(31)4-3-5-27(32)36-18-25(30)19-6-12-23(13-7-19)37-24-16-10-21(11-17-24)29(33)34/h6-17H,2-5,18H2,1H3,(H,28,31). The zero-order valence-corrected chi connectivity index (χ0v) is 20.2. The highest BCUT2D eigenvalue weighted by molar-refractivity contribution is 5.98. The van der Waals surface area contributed by atoms with E-state index in [0.717, 1.165) is 0 Å². The van der Waals surface area contributed by atoms with Gasteiger partial charge >= 0.3 is 5.97 Å². The lowest BCUT2D eigenvalue weighted by atomic mass is 10.1. The second-order valence-electron chi connectivity index (χ2n) is 7.82. The average molecular weight is 507 g/mol. The molecule has 0 aliphatic carbocycles. The van der Waals surface area contributed by atoms with Gasteiger partial charge in [0.1, 0.15) is 17.2 Å². The number of nitrogens with zero attached hydrogens (tertiary/aromatic N) is 1. The van der Waals surface area contributed by atoms with Gasteiger partial charge in [0.25, 0.3) is 5.69 Å². The van der Waals surface area contributed by atoms with Crippen molar-refractivity contribution in [3.8, 4) is 17.2 Å². The molecule has 0 bridgehead atoms. The summed E-state index contributed by atoms with van der Waals surface area (Å²) in [6, 6.07) is 18.8. The highest BCUT2D eigenvalue weighted by Crippen LogP contribution is 2.24. The fraction of sp³-hybridized carbons (Fsp3) is 0.222. The number of benzene rings is 3. The zero-order chi connectivity index (χ0) is 26.6. The Labute approximate surface area is 213 Å². The minimum Gasteiger partial charge on any atom is -0.494 e. The van der Waals surface area contributed by atoms with Crippen molar-refractivity contribution in [1.82, 2.24) is 0 Å². The maximum Gasteiger partial charge on any atom is 0.306 e. The van der Waals surface area contributed by atoms with E-state index in [1.165, 1.54) is 36.4 Å². The van der Waals surface area contributed by atoms with Crippen LogP contribution >= 0.6 is 0 Å². The maximum absolute atomic E-state index is 12.3. The fourth-order valence-corrected chi connectivity index (χ4v) is 3.20. The quantitative estimate of drug-likeness (QED) is 0.142. The summed E-state index contributed by atoms with van der Waals surface area (Å²) >= 11 is 0. The van der Waals surface area contributed by atoms with Gasteiger partial charge in [0.05, 0.1) is 11.5 Å². The van der Waals surface area contributed by atoms with Gasteiger partial charge in [-0.25, -0.2) is 0 Å². The van der Waals surface area contributed by atoms with Crippen LogP contribution in [0.5, 0.6) is 17.2 Å². The number of esters is 1. The van der Waals surface area contributed by atoms with E-state index < -0.39 is 17.5 Å². The average Bonchev–Trinajstić information content (AvgIpc) is 2.89. The molecule has 0 heterocycles. The molecular weight excluding hydrogens is 480 g/mol. The van der Waals surface area contributed by atoms with E-state index in [9.17, 15) is 24.5 Å². The van der Waals surface area contributed by atoms with Crippen molar-refractivity contribution in [3.05, 3.63) is 88.5 Å². The Kier molecular flexibility index (Phi) is 9.72. The van der Waals surface area contributed by atoms with Gasteiger partial charge in [0, 0.05) is 36.2 Å². The Bertz CT molecular complexity index is 1220. The van der Waals surface area contributed by atoms with E-state index in [0.29, 0.717) is 35.1 Å². The number of ether oxygens (including phenoxy) is 3. The molecule has 0 atom stereocenters. The fourth-order valence-electron chi connectivity index (χ4n) is 3.20. The molecule has 1 N–H and O–H groups in total. The van der Waals surface area contributed by atoms with Gasteiger partial charge in [-0.1, -0.05) is 0 Å². The van der Waals surface area contributed by atoms with E-state index in [1.54, 1.807) is 36.4 Å². The van der Waals surface area contributed by atoms with Crippen LogP contribution in [0, 0.1) is 10.1 Å². The third-order valence-electron chi connectivity index (χ3n) is 5.06. The first-order valence-corrected chi connectivity index (χ1v) is 11.6. The third-order valence-corrected chi connectivity index (χ3v) is 5.06. The molecule has 10 nitrogen and oxygen atoms in total. The van der Waals surface area contributed by atoms with Crippen molar-refractivity contribution in [2.45, 2.75) is 26.2 Å². The molecule has 0 spiro atoms. The molecule has 3 rings (SSSR count). The van der Waals surface area contributed by atoms with Crippen molar-refractivity contribution in [2.75, 3.05) is 18.5 Å². The Balaban J connectivity index is 1.36. The van der Waals surface area contributed by atoms with E-state index in [1.807, 2.05) is 6.92 Å². The van der Waals surface area contributed by atoms with Gasteiger partial charge in [-0.2, -0.15) is 0 Å². The number of nitro benzene ring substituents is 1. The number of carbonyl (C=O) groups excluding carboxylic acids is 3. The molecule has 0 unspecified atom stereocenters. The number of anilines is 1. The lowest BCUT2D eigenvalue weighted by Crippen LogP contribution is -2.15. The summed E-state index contributed by atoms with van der Waals surface area (Å²) in [6.07, 6.45) is 0.420. The lowest BCUT2D eigenvalue weighted by Gasteiger charge is -2.08. The Hall–Kier alpha value is -4.73. The van der Waals surface area contributed by atoms with Crippen molar-refractivity contribution in [2.24, 2.45) is 0 Å². The molecule has 0 saturated carbocycles. The molecule has 192 valence electrons. The highest BCUT2D eigenvalue weighted by Gasteiger charge is 2.12. The summed E-state index contributed by atoms with van der Waals surface area (Å²) in [4.78, 5) is 46.5. The number of nitro groups is 1. The van der Waals surface area contributed by atoms with Crippen molar-refractivity contribution in [3.63, 3.8) is 0 Å². The maximum atomic E-state index is 12.3. The van der Waals surface area contributed by atoms with Gasteiger partial charge in [0.15, 0.2) is 12.4 Å². The number of non-ortho nitro benzene ring substituents is 1. The SMILES string of the molecule is CCOc1ccc(NC(=O)CCCC(=O)OCC(=O)c2ccc(Oc3ccc([N+](=O)[O-])cc3)cc2)cc1. The van der Waals surface area contributed by atoms with Crippen LogP contribution in [0.15, 0.2) is 72.8 Å². The first-order valence-electron chi connectivity index (χ1n) is 11.6. The summed E-state index contributed by atoms with van der Waals surface area (Å²) in [5.41, 5.74) is 0.916. The third kappa shape index (κ3) is 8.77. The largest absolute Gasteiger partial charge is 0.494 e. The van der Waals surface area contributed by atoms with Crippen molar-refractivity contribution in [1.29, 1.82) is 0 Å². The van der Waals surface area contributed by atoms with Gasteiger partial charge in [-0.3, -0.25) is 24.5 Å². The zero-order valence-electron chi connectivity index (χ0n) is 20.2. The van der Waals surface area contributed by atoms with Crippen LogP contribution in [0.4, 0.5) is 11.4 Å². The molecule has 0 aliphatic rings. The van der Waals surface area contributed by atoms with Crippen LogP contribution in [0.25, 0.3) is 0 Å². The Morgan fingerprint density at radius 3 is 2.03 bits per heavy atom. The smallest absolute Gasteiger partial charge is 0.306 e. The van der Waals surface area contributed by atoms with Crippen molar-refractivity contribution >= 4 is 29.0 Å². The van der Waals surface area contributed by atoms with E-state index in [4.69, 9.17) is 14.2 Å². The summed E-state index contributed by atoms with van der Waals surface area (Å²) in [5, 5.41) is 13.5. The number of amides is 1. The summed E-state index contributed by atoms with van der Waals surface area (Å²) in [5.74, 6) is 0.370. The summed E-state index contributed by atoms with van der Waals surface area (Å²) < 4.78 is 16.0. The number of Topliss-reactive ketones (excluding diaryl/α,β-unsaturated/α-hetero) is 1. The predicted molar refractivity (Wildman–Crippen MR) is 135 cm³/mol. The summed E-state index contributed by atoms with van der Waals surface area (Å²) in [6.45, 7) is 2.03. The molecule has 1 amide bonds. The Morgan fingerprint density at radius 1 is 0.838 bits per heavy atom. The van der Waals surface area contributed by atoms with E-state index >= 15 is 0 Å². The Morgan fingerprint density at radius 2 is 1.43 bits per heavy atom. The van der Waals surface area contributed by atoms with Gasteiger partial charge in [0.2, 0.25) is 5.91 Å². The molecule has 0 saturated heterocycles. The topological polar surface area (TPSA) is 134 Å². The van der Waals surface area contributed by atoms with Crippen LogP contribution in [0.3, 0.4) is 0 Å². The molecular formula is C27H26N2O8. The number of carbonyl (C=O) groups is 3. The molecule has 0 aromatic heterocycles. The lowest BCUT2D eigenvalue weighted by molar-refractivity contribution is -0.384. The predicted octanol–water partition coefficient (Wildman–Crippen LogP) is 5.32. The highest BCUT2D eigenvalue weighted by atomic mass is 16.6. The normalized spacial score (nSPS) is 10.3. The minimum atomic E-state index is -0.569. The van der Waals surface area contributed by atoms with Gasteiger partial charge < -0.3 is 19.5 Å². The summed E-state index contributed by atoms with van der Waals surface area (Å²) in [7, 11) is 0. The molecule has 3 aromatic rings. The molecule has 3 aromatic carbocycles. The first kappa shape index (κ1) is 26.9. The van der Waals surface area contributed by atoms with Gasteiger partial charge in [-0.05, 0) is 74.0 Å². The molecule has 0 radical (unpaired) electrons. The number of hydrogen-bond acceptors (Lipinski definition) is 8. The number of ketones is 1. The minimum absolute atomic E-state index is 0.00595. The van der Waals surface area contributed by atoms with Crippen LogP contribution in [0.1, 0.15) is 36.5 Å². The number of nitrogens with one attached hydrogen (secondary N) is 1. The molecule has 37 heavy (non-hydrogen) atoms. The van der Waals surface area contributed by atoms with Crippen LogP contribution in [0.2, 0.25) is 0 Å². The first-order chi connectivity index (χ1) is 17.8. The molecule has 0 fully saturated rings.